The summed E-state index contributed by atoms with van der Waals surface area (Å²) in [6.07, 6.45) is -1.33. The van der Waals surface area contributed by atoms with Crippen LogP contribution in [-0.4, -0.2) is 34.9 Å². The third kappa shape index (κ3) is 3.73. The predicted octanol–water partition coefficient (Wildman–Crippen LogP) is 2.40. The number of aryl methyl sites for hydroxylation is 1. The second kappa shape index (κ2) is 6.87. The molecule has 7 heteroatoms. The molecule has 2 N–H and O–H groups in total. The van der Waals surface area contributed by atoms with Crippen molar-refractivity contribution in [1.29, 1.82) is 0 Å². The first kappa shape index (κ1) is 17.1. The maximum Gasteiger partial charge on any atom is 0.471 e. The van der Waals surface area contributed by atoms with Gasteiger partial charge in [-0.3, -0.25) is 4.79 Å². The van der Waals surface area contributed by atoms with Gasteiger partial charge in [0.1, 0.15) is 0 Å². The molecular formula is C16H17F3N2O2. The normalized spacial score (nSPS) is 12.2. The lowest BCUT2D eigenvalue weighted by atomic mass is 10.1. The lowest BCUT2D eigenvalue weighted by molar-refractivity contribution is -0.173. The van der Waals surface area contributed by atoms with Crippen molar-refractivity contribution < 1.29 is 23.1 Å². The van der Waals surface area contributed by atoms with E-state index in [1.807, 2.05) is 41.2 Å². The molecule has 4 nitrogen and oxygen atoms in total. The van der Waals surface area contributed by atoms with E-state index in [-0.39, 0.29) is 19.6 Å². The van der Waals surface area contributed by atoms with Crippen molar-refractivity contribution in [2.75, 3.05) is 13.2 Å². The highest BCUT2D eigenvalue weighted by Crippen LogP contribution is 2.26. The summed E-state index contributed by atoms with van der Waals surface area (Å²) in [5.41, 5.74) is 2.55. The Bertz CT molecular complexity index is 733. The third-order valence-corrected chi connectivity index (χ3v) is 3.56. The second-order valence-electron chi connectivity index (χ2n) is 5.03. The summed E-state index contributed by atoms with van der Waals surface area (Å²) in [6.45, 7) is -0.252. The first-order valence-electron chi connectivity index (χ1n) is 7.05. The molecule has 1 aromatic heterocycles. The van der Waals surface area contributed by atoms with Gasteiger partial charge in [-0.1, -0.05) is 24.3 Å². The zero-order valence-corrected chi connectivity index (χ0v) is 12.5. The van der Waals surface area contributed by atoms with Crippen LogP contribution in [-0.2, 0) is 18.3 Å². The minimum atomic E-state index is -4.88. The van der Waals surface area contributed by atoms with Crippen LogP contribution < -0.4 is 5.32 Å². The minimum Gasteiger partial charge on any atom is -0.392 e. The lowest BCUT2D eigenvalue weighted by Crippen LogP contribution is -2.37. The first-order valence-corrected chi connectivity index (χ1v) is 7.05. The molecule has 0 aliphatic rings. The molecule has 0 unspecified atom stereocenters. The van der Waals surface area contributed by atoms with Crippen molar-refractivity contribution in [2.45, 2.75) is 12.6 Å². The largest absolute Gasteiger partial charge is 0.471 e. The Hall–Kier alpha value is -2.28. The second-order valence-corrected chi connectivity index (χ2v) is 5.03. The lowest BCUT2D eigenvalue weighted by Gasteiger charge is -2.08. The number of benzene rings is 1. The van der Waals surface area contributed by atoms with E-state index in [0.29, 0.717) is 0 Å². The molecule has 0 aliphatic heterocycles. The molecule has 0 atom stereocenters. The number of carbonyl (C=O) groups excluding carboxylic acids is 1. The average molecular weight is 326 g/mol. The molecule has 124 valence electrons. The van der Waals surface area contributed by atoms with Gasteiger partial charge in [-0.2, -0.15) is 13.2 Å². The third-order valence-electron chi connectivity index (χ3n) is 3.56. The smallest absolute Gasteiger partial charge is 0.392 e. The van der Waals surface area contributed by atoms with Crippen molar-refractivity contribution in [3.63, 3.8) is 0 Å². The van der Waals surface area contributed by atoms with Crippen LogP contribution in [0.1, 0.15) is 11.3 Å². The number of nitrogens with one attached hydrogen (secondary N) is 1. The number of aliphatic hydroxyl groups excluding tert-OH is 1. The van der Waals surface area contributed by atoms with Crippen molar-refractivity contribution in [3.8, 4) is 0 Å². The molecule has 2 rings (SSSR count). The number of amides is 1. The fraction of sp³-hybridized carbons (Fsp3) is 0.312. The number of hydrogen-bond acceptors (Lipinski definition) is 2. The number of carbonyl (C=O) groups is 1. The van der Waals surface area contributed by atoms with Crippen LogP contribution in [0.4, 0.5) is 13.2 Å². The number of para-hydroxylation sites is 1. The summed E-state index contributed by atoms with van der Waals surface area (Å²) in [5.74, 6) is -1.94. The molecule has 0 bridgehead atoms. The molecular weight excluding hydrogens is 309 g/mol. The number of nitrogens with zero attached hydrogens (tertiary/aromatic N) is 1. The van der Waals surface area contributed by atoms with Crippen LogP contribution in [0, 0.1) is 0 Å². The zero-order valence-electron chi connectivity index (χ0n) is 12.5. The number of halogens is 3. The number of aliphatic hydroxyl groups is 1. The van der Waals surface area contributed by atoms with E-state index >= 15 is 0 Å². The summed E-state index contributed by atoms with van der Waals surface area (Å²) in [7, 11) is 1.84. The summed E-state index contributed by atoms with van der Waals surface area (Å²) in [6, 6.07) is 7.51. The van der Waals surface area contributed by atoms with Crippen LogP contribution in [0.2, 0.25) is 0 Å². The van der Waals surface area contributed by atoms with Gasteiger partial charge in [-0.15, -0.1) is 0 Å². The molecule has 0 radical (unpaired) electrons. The Kier molecular flexibility index (Phi) is 5.10. The van der Waals surface area contributed by atoms with E-state index in [4.69, 9.17) is 5.11 Å². The SMILES string of the molecule is Cn1c(/C=C/CO)c(CCNC(=O)C(F)(F)F)c2ccccc21. The van der Waals surface area contributed by atoms with Crippen LogP contribution in [0.15, 0.2) is 30.3 Å². The summed E-state index contributed by atoms with van der Waals surface area (Å²) < 4.78 is 38.6. The van der Waals surface area contributed by atoms with Gasteiger partial charge in [0.25, 0.3) is 0 Å². The molecule has 0 aliphatic carbocycles. The zero-order chi connectivity index (χ0) is 17.0. The number of aromatic nitrogens is 1. The number of rotatable bonds is 5. The van der Waals surface area contributed by atoms with Gasteiger partial charge >= 0.3 is 12.1 Å². The summed E-state index contributed by atoms with van der Waals surface area (Å²) in [4.78, 5) is 10.9. The molecule has 0 saturated heterocycles. The minimum absolute atomic E-state index is 0.119. The van der Waals surface area contributed by atoms with Crippen LogP contribution in [0.3, 0.4) is 0 Å². The maximum atomic E-state index is 12.2. The van der Waals surface area contributed by atoms with Crippen molar-refractivity contribution in [1.82, 2.24) is 9.88 Å². The van der Waals surface area contributed by atoms with Gasteiger partial charge in [-0.25, -0.2) is 0 Å². The summed E-state index contributed by atoms with van der Waals surface area (Å²) in [5, 5.41) is 11.7. The Morgan fingerprint density at radius 3 is 2.70 bits per heavy atom. The van der Waals surface area contributed by atoms with E-state index < -0.39 is 12.1 Å². The van der Waals surface area contributed by atoms with Gasteiger partial charge in [0.05, 0.1) is 6.61 Å². The number of hydrogen-bond donors (Lipinski definition) is 2. The molecule has 1 amide bonds. The molecule has 0 spiro atoms. The van der Waals surface area contributed by atoms with E-state index in [1.165, 1.54) is 0 Å². The van der Waals surface area contributed by atoms with E-state index in [2.05, 4.69) is 0 Å². The fourth-order valence-corrected chi connectivity index (χ4v) is 2.53. The number of fused-ring (bicyclic) bond motifs is 1. The fourth-order valence-electron chi connectivity index (χ4n) is 2.53. The standard InChI is InChI=1S/C16H17F3N2O2/c1-21-13-6-3-2-5-11(13)12(14(21)7-4-10-22)8-9-20-15(23)16(17,18)19/h2-7,22H,8-10H2,1H3,(H,20,23)/b7-4+. The Balaban J connectivity index is 2.28. The molecule has 1 heterocycles. The Morgan fingerprint density at radius 2 is 2.04 bits per heavy atom. The van der Waals surface area contributed by atoms with Gasteiger partial charge in [0.15, 0.2) is 0 Å². The first-order chi connectivity index (χ1) is 10.9. The van der Waals surface area contributed by atoms with E-state index in [9.17, 15) is 18.0 Å². The van der Waals surface area contributed by atoms with Crippen LogP contribution in [0.25, 0.3) is 17.0 Å². The van der Waals surface area contributed by atoms with E-state index in [0.717, 1.165) is 22.2 Å². The molecule has 0 saturated carbocycles. The Labute approximate surface area is 131 Å². The quantitative estimate of drug-likeness (QED) is 0.886. The van der Waals surface area contributed by atoms with Gasteiger partial charge < -0.3 is 15.0 Å². The van der Waals surface area contributed by atoms with Gasteiger partial charge in [-0.05, 0) is 24.1 Å². The predicted molar refractivity (Wildman–Crippen MR) is 81.8 cm³/mol. The van der Waals surface area contributed by atoms with Crippen LogP contribution in [0.5, 0.6) is 0 Å². The van der Waals surface area contributed by atoms with Crippen molar-refractivity contribution in [2.24, 2.45) is 7.05 Å². The topological polar surface area (TPSA) is 54.3 Å². The molecule has 1 aromatic carbocycles. The molecule has 2 aromatic rings. The highest BCUT2D eigenvalue weighted by atomic mass is 19.4. The average Bonchev–Trinajstić information content (AvgIpc) is 2.77. The summed E-state index contributed by atoms with van der Waals surface area (Å²) >= 11 is 0. The highest BCUT2D eigenvalue weighted by Gasteiger charge is 2.38. The van der Waals surface area contributed by atoms with E-state index in [1.54, 1.807) is 12.2 Å². The van der Waals surface area contributed by atoms with Gasteiger partial charge in [0, 0.05) is 30.2 Å². The van der Waals surface area contributed by atoms with Gasteiger partial charge in [0.2, 0.25) is 0 Å². The Morgan fingerprint density at radius 1 is 1.35 bits per heavy atom. The van der Waals surface area contributed by atoms with Crippen LogP contribution >= 0.6 is 0 Å². The highest BCUT2D eigenvalue weighted by molar-refractivity contribution is 5.88. The maximum absolute atomic E-state index is 12.2. The van der Waals surface area contributed by atoms with Crippen molar-refractivity contribution >= 4 is 22.9 Å². The monoisotopic (exact) mass is 326 g/mol. The number of alkyl halides is 3. The molecule has 23 heavy (non-hydrogen) atoms. The molecule has 0 fully saturated rings. The van der Waals surface area contributed by atoms with Crippen molar-refractivity contribution in [3.05, 3.63) is 41.6 Å².